The average molecular weight is 469 g/mol. The molecule has 4 amide bonds. The highest BCUT2D eigenvalue weighted by atomic mass is 35.5. The third-order valence-electron chi connectivity index (χ3n) is 6.71. The molecule has 3 aliphatic rings. The van der Waals surface area contributed by atoms with Gasteiger partial charge < -0.3 is 15.8 Å². The van der Waals surface area contributed by atoms with E-state index in [1.54, 1.807) is 42.5 Å². The Morgan fingerprint density at radius 2 is 1.94 bits per heavy atom. The number of rotatable bonds is 5. The number of nitrogens with one attached hydrogen (secondary N) is 2. The van der Waals surface area contributed by atoms with Crippen LogP contribution in [0, 0.1) is 11.8 Å². The number of ether oxygens (including phenoxy) is 1. The van der Waals surface area contributed by atoms with E-state index in [1.807, 2.05) is 0 Å². The van der Waals surface area contributed by atoms with Gasteiger partial charge in [-0.15, -0.1) is 0 Å². The zero-order valence-corrected chi connectivity index (χ0v) is 18.4. The van der Waals surface area contributed by atoms with Crippen LogP contribution in [-0.4, -0.2) is 41.7 Å². The zero-order chi connectivity index (χ0) is 23.5. The van der Waals surface area contributed by atoms with Gasteiger partial charge in [0.25, 0.3) is 0 Å². The Morgan fingerprint density at radius 1 is 1.18 bits per heavy atom. The quantitative estimate of drug-likeness (QED) is 0.564. The van der Waals surface area contributed by atoms with Crippen LogP contribution in [0.5, 0.6) is 5.75 Å². The molecule has 0 aromatic heterocycles. The normalized spacial score (nSPS) is 27.6. The average Bonchev–Trinajstić information content (AvgIpc) is 3.34. The van der Waals surface area contributed by atoms with Crippen molar-refractivity contribution in [2.24, 2.45) is 17.6 Å². The number of nitrogens with two attached hydrogens (primary N) is 1. The van der Waals surface area contributed by atoms with Crippen molar-refractivity contribution in [1.82, 2.24) is 10.2 Å². The second-order valence-electron chi connectivity index (χ2n) is 8.45. The lowest BCUT2D eigenvalue weighted by atomic mass is 9.76. The fourth-order valence-electron chi connectivity index (χ4n) is 5.39. The minimum Gasteiger partial charge on any atom is -0.496 e. The highest BCUT2D eigenvalue weighted by molar-refractivity contribution is 6.31. The predicted molar refractivity (Wildman–Crippen MR) is 118 cm³/mol. The molecule has 4 atom stereocenters. The highest BCUT2D eigenvalue weighted by Gasteiger charge is 2.70. The van der Waals surface area contributed by atoms with Crippen molar-refractivity contribution >= 4 is 40.9 Å². The van der Waals surface area contributed by atoms with Crippen molar-refractivity contribution < 1.29 is 23.9 Å². The first-order valence-electron chi connectivity index (χ1n) is 10.4. The SMILES string of the molecule is COc1ccccc1CN1C(=O)[C@H]2[C@H](CC(N)=O)N[C@]3(C(=O)Nc4ccc(Cl)cc43)[C@@H]2C1=O. The summed E-state index contributed by atoms with van der Waals surface area (Å²) in [5.41, 5.74) is 5.53. The molecule has 0 radical (unpaired) electrons. The van der Waals surface area contributed by atoms with Crippen molar-refractivity contribution in [3.05, 3.63) is 58.6 Å². The van der Waals surface area contributed by atoms with E-state index in [0.29, 0.717) is 27.6 Å². The lowest BCUT2D eigenvalue weighted by molar-refractivity contribution is -0.143. The van der Waals surface area contributed by atoms with Gasteiger partial charge in [-0.25, -0.2) is 0 Å². The Bertz CT molecular complexity index is 1220. The van der Waals surface area contributed by atoms with E-state index in [4.69, 9.17) is 22.1 Å². The number of imide groups is 1. The van der Waals surface area contributed by atoms with Crippen molar-refractivity contribution in [3.63, 3.8) is 0 Å². The summed E-state index contributed by atoms with van der Waals surface area (Å²) >= 11 is 6.21. The molecule has 0 saturated carbocycles. The monoisotopic (exact) mass is 468 g/mol. The number of amides is 4. The molecule has 5 rings (SSSR count). The van der Waals surface area contributed by atoms with Gasteiger partial charge in [-0.2, -0.15) is 0 Å². The minimum atomic E-state index is -1.53. The summed E-state index contributed by atoms with van der Waals surface area (Å²) in [7, 11) is 1.51. The second-order valence-corrected chi connectivity index (χ2v) is 8.89. The highest BCUT2D eigenvalue weighted by Crippen LogP contribution is 2.54. The summed E-state index contributed by atoms with van der Waals surface area (Å²) in [5.74, 6) is -3.53. The molecule has 2 aromatic rings. The summed E-state index contributed by atoms with van der Waals surface area (Å²) in [4.78, 5) is 53.5. The number of fused-ring (bicyclic) bond motifs is 4. The standard InChI is InChI=1S/C23H21ClN4O5/c1-33-16-5-3-2-4-11(16)10-28-20(30)18-15(9-17(25)29)27-23(19(18)21(28)31)13-8-12(24)6-7-14(13)26-22(23)32/h2-8,15,18-19,27H,9-10H2,1H3,(H2,25,29)(H,26,32)/t15-,18-,19-,23-/m0/s1. The molecule has 4 N–H and O–H groups in total. The van der Waals surface area contributed by atoms with Crippen molar-refractivity contribution in [2.75, 3.05) is 12.4 Å². The van der Waals surface area contributed by atoms with E-state index in [1.165, 1.54) is 7.11 Å². The van der Waals surface area contributed by atoms with Gasteiger partial charge in [0.15, 0.2) is 0 Å². The predicted octanol–water partition coefficient (Wildman–Crippen LogP) is 1.14. The molecule has 3 heterocycles. The summed E-state index contributed by atoms with van der Waals surface area (Å²) in [5, 5.41) is 6.30. The molecule has 2 saturated heterocycles. The maximum Gasteiger partial charge on any atom is 0.250 e. The Kier molecular flexibility index (Phi) is 4.91. The molecule has 10 heteroatoms. The molecular weight excluding hydrogens is 448 g/mol. The number of primary amides is 1. The lowest BCUT2D eigenvalue weighted by Gasteiger charge is -2.29. The molecule has 2 fully saturated rings. The number of nitrogens with zero attached hydrogens (tertiary/aromatic N) is 1. The zero-order valence-electron chi connectivity index (χ0n) is 17.6. The molecule has 170 valence electrons. The minimum absolute atomic E-state index is 0.0158. The molecule has 0 aliphatic carbocycles. The summed E-state index contributed by atoms with van der Waals surface area (Å²) in [6, 6.07) is 11.2. The first-order chi connectivity index (χ1) is 15.8. The summed E-state index contributed by atoms with van der Waals surface area (Å²) in [6.45, 7) is -0.0158. The summed E-state index contributed by atoms with van der Waals surface area (Å²) < 4.78 is 5.36. The van der Waals surface area contributed by atoms with Gasteiger partial charge in [0.1, 0.15) is 11.3 Å². The molecular formula is C23H21ClN4O5. The van der Waals surface area contributed by atoms with E-state index >= 15 is 0 Å². The maximum atomic E-state index is 13.7. The number of halogens is 1. The number of hydrogen-bond donors (Lipinski definition) is 3. The van der Waals surface area contributed by atoms with E-state index < -0.39 is 47.0 Å². The van der Waals surface area contributed by atoms with Gasteiger partial charge in [-0.1, -0.05) is 29.8 Å². The Labute approximate surface area is 194 Å². The molecule has 0 bridgehead atoms. The van der Waals surface area contributed by atoms with Crippen LogP contribution in [0.1, 0.15) is 17.5 Å². The molecule has 0 unspecified atom stereocenters. The van der Waals surface area contributed by atoms with Crippen LogP contribution in [0.15, 0.2) is 42.5 Å². The smallest absolute Gasteiger partial charge is 0.250 e. The van der Waals surface area contributed by atoms with Crippen molar-refractivity contribution in [3.8, 4) is 5.75 Å². The van der Waals surface area contributed by atoms with Crippen LogP contribution < -0.4 is 21.1 Å². The molecule has 2 aromatic carbocycles. The van der Waals surface area contributed by atoms with Crippen molar-refractivity contribution in [2.45, 2.75) is 24.5 Å². The Hall–Kier alpha value is -3.43. The van der Waals surface area contributed by atoms with E-state index in [0.717, 1.165) is 4.90 Å². The Balaban J connectivity index is 1.61. The third kappa shape index (κ3) is 3.03. The first kappa shape index (κ1) is 21.4. The van der Waals surface area contributed by atoms with E-state index in [2.05, 4.69) is 10.6 Å². The number of anilines is 1. The van der Waals surface area contributed by atoms with Crippen LogP contribution in [0.4, 0.5) is 5.69 Å². The summed E-state index contributed by atoms with van der Waals surface area (Å²) in [6.07, 6.45) is -0.201. The van der Waals surface area contributed by atoms with Crippen LogP contribution >= 0.6 is 11.6 Å². The number of carbonyl (C=O) groups is 4. The van der Waals surface area contributed by atoms with E-state index in [-0.39, 0.29) is 13.0 Å². The van der Waals surface area contributed by atoms with Gasteiger partial charge in [-0.3, -0.25) is 29.4 Å². The van der Waals surface area contributed by atoms with Gasteiger partial charge >= 0.3 is 0 Å². The number of hydrogen-bond acceptors (Lipinski definition) is 6. The van der Waals surface area contributed by atoms with Gasteiger partial charge in [0.05, 0.1) is 25.5 Å². The third-order valence-corrected chi connectivity index (χ3v) is 6.95. The van der Waals surface area contributed by atoms with Crippen LogP contribution in [-0.2, 0) is 31.3 Å². The number of likely N-dealkylation sites (tertiary alicyclic amines) is 1. The molecule has 1 spiro atoms. The van der Waals surface area contributed by atoms with Gasteiger partial charge in [0, 0.05) is 34.3 Å². The van der Waals surface area contributed by atoms with Gasteiger partial charge in [0.2, 0.25) is 23.6 Å². The maximum absolute atomic E-state index is 13.7. The molecule has 3 aliphatic heterocycles. The lowest BCUT2D eigenvalue weighted by Crippen LogP contribution is -2.53. The molecule has 9 nitrogen and oxygen atoms in total. The second kappa shape index (κ2) is 7.57. The van der Waals surface area contributed by atoms with Crippen molar-refractivity contribution in [1.29, 1.82) is 0 Å². The van der Waals surface area contributed by atoms with E-state index in [9.17, 15) is 19.2 Å². The number of benzene rings is 2. The fourth-order valence-corrected chi connectivity index (χ4v) is 5.56. The number of methoxy groups -OCH3 is 1. The number of para-hydroxylation sites is 1. The van der Waals surface area contributed by atoms with Crippen LogP contribution in [0.25, 0.3) is 0 Å². The first-order valence-corrected chi connectivity index (χ1v) is 10.8. The largest absolute Gasteiger partial charge is 0.496 e. The molecule has 33 heavy (non-hydrogen) atoms. The fraction of sp³-hybridized carbons (Fsp3) is 0.304. The van der Waals surface area contributed by atoms with Gasteiger partial charge in [-0.05, 0) is 24.3 Å². The van der Waals surface area contributed by atoms with Crippen LogP contribution in [0.3, 0.4) is 0 Å². The van der Waals surface area contributed by atoms with Crippen LogP contribution in [0.2, 0.25) is 5.02 Å². The topological polar surface area (TPSA) is 131 Å². The Morgan fingerprint density at radius 3 is 2.67 bits per heavy atom. The number of carbonyl (C=O) groups excluding carboxylic acids is 4.